The zero-order valence-corrected chi connectivity index (χ0v) is 10.8. The molecule has 1 aromatic rings. The molecule has 4 heteroatoms. The van der Waals surface area contributed by atoms with Gasteiger partial charge in [0.1, 0.15) is 0 Å². The maximum Gasteiger partial charge on any atom is 0.416 e. The number of nitrogens with one attached hydrogen (secondary N) is 1. The van der Waals surface area contributed by atoms with Crippen LogP contribution in [0.1, 0.15) is 24.0 Å². The van der Waals surface area contributed by atoms with Gasteiger partial charge in [-0.1, -0.05) is 18.2 Å². The number of rotatable bonds is 4. The Bertz CT molecular complexity index is 428. The summed E-state index contributed by atoms with van der Waals surface area (Å²) in [5.41, 5.74) is 0.485. The number of hydrogen-bond donors (Lipinski definition) is 1. The van der Waals surface area contributed by atoms with Gasteiger partial charge in [-0.05, 0) is 48.9 Å². The van der Waals surface area contributed by atoms with Crippen molar-refractivity contribution in [2.75, 3.05) is 13.1 Å². The van der Waals surface area contributed by atoms with E-state index in [1.807, 2.05) is 6.08 Å². The Kier molecular flexibility index (Phi) is 3.99. The summed E-state index contributed by atoms with van der Waals surface area (Å²) in [5.74, 6) is 0. The summed E-state index contributed by atoms with van der Waals surface area (Å²) in [6, 6.07) is 5.51. The maximum absolute atomic E-state index is 12.5. The van der Waals surface area contributed by atoms with Crippen molar-refractivity contribution < 1.29 is 13.2 Å². The molecule has 0 radical (unpaired) electrons. The van der Waals surface area contributed by atoms with Gasteiger partial charge < -0.3 is 5.32 Å². The molecule has 1 fully saturated rings. The van der Waals surface area contributed by atoms with E-state index < -0.39 is 11.7 Å². The molecule has 0 spiro atoms. The molecule has 1 aromatic carbocycles. The lowest BCUT2D eigenvalue weighted by molar-refractivity contribution is -0.137. The third-order valence-corrected chi connectivity index (χ3v) is 3.77. The molecule has 1 heterocycles. The molecule has 1 N–H and O–H groups in total. The summed E-state index contributed by atoms with van der Waals surface area (Å²) in [4.78, 5) is 0. The maximum atomic E-state index is 12.5. The van der Waals surface area contributed by atoms with Gasteiger partial charge in [0, 0.05) is 6.54 Å². The molecule has 0 saturated carbocycles. The second-order valence-corrected chi connectivity index (χ2v) is 5.29. The Hall–Kier alpha value is -1.29. The van der Waals surface area contributed by atoms with Gasteiger partial charge in [0.25, 0.3) is 0 Å². The van der Waals surface area contributed by atoms with Crippen LogP contribution in [0.15, 0.2) is 36.9 Å². The molecule has 19 heavy (non-hydrogen) atoms. The van der Waals surface area contributed by atoms with E-state index in [0.29, 0.717) is 0 Å². The van der Waals surface area contributed by atoms with Crippen molar-refractivity contribution in [2.24, 2.45) is 5.41 Å². The summed E-state index contributed by atoms with van der Waals surface area (Å²) >= 11 is 0. The van der Waals surface area contributed by atoms with Gasteiger partial charge in [0.05, 0.1) is 5.56 Å². The predicted molar refractivity (Wildman–Crippen MR) is 69.9 cm³/mol. The zero-order chi connectivity index (χ0) is 13.9. The lowest BCUT2D eigenvalue weighted by atomic mass is 9.78. The standard InChI is InChI=1S/C15H18F3N/c1-2-7-14(8-9-19-11-14)10-12-3-5-13(6-4-12)15(16,17)18/h2-6,19H,1,7-11H2. The van der Waals surface area contributed by atoms with Crippen molar-refractivity contribution >= 4 is 0 Å². The van der Waals surface area contributed by atoms with Crippen LogP contribution in [-0.4, -0.2) is 13.1 Å². The topological polar surface area (TPSA) is 12.0 Å². The lowest BCUT2D eigenvalue weighted by Gasteiger charge is -2.27. The van der Waals surface area contributed by atoms with Crippen LogP contribution in [0.3, 0.4) is 0 Å². The molecule has 1 aliphatic heterocycles. The van der Waals surface area contributed by atoms with Gasteiger partial charge in [-0.15, -0.1) is 6.58 Å². The first-order valence-electron chi connectivity index (χ1n) is 6.43. The van der Waals surface area contributed by atoms with Gasteiger partial charge in [-0.25, -0.2) is 0 Å². The smallest absolute Gasteiger partial charge is 0.316 e. The van der Waals surface area contributed by atoms with Crippen molar-refractivity contribution in [1.29, 1.82) is 0 Å². The fraction of sp³-hybridized carbons (Fsp3) is 0.467. The average molecular weight is 269 g/mol. The second-order valence-electron chi connectivity index (χ2n) is 5.29. The van der Waals surface area contributed by atoms with Crippen LogP contribution < -0.4 is 5.32 Å². The molecule has 104 valence electrons. The highest BCUT2D eigenvalue weighted by Gasteiger charge is 2.33. The van der Waals surface area contributed by atoms with E-state index in [1.165, 1.54) is 12.1 Å². The highest BCUT2D eigenvalue weighted by Crippen LogP contribution is 2.35. The first kappa shape index (κ1) is 14.1. The number of halogens is 3. The van der Waals surface area contributed by atoms with Gasteiger partial charge in [0.2, 0.25) is 0 Å². The van der Waals surface area contributed by atoms with Crippen LogP contribution >= 0.6 is 0 Å². The van der Waals surface area contributed by atoms with E-state index in [9.17, 15) is 13.2 Å². The minimum absolute atomic E-state index is 0.113. The molecule has 1 unspecified atom stereocenters. The number of alkyl halides is 3. The van der Waals surface area contributed by atoms with E-state index in [2.05, 4.69) is 11.9 Å². The highest BCUT2D eigenvalue weighted by molar-refractivity contribution is 5.26. The van der Waals surface area contributed by atoms with Crippen molar-refractivity contribution in [3.05, 3.63) is 48.0 Å². The van der Waals surface area contributed by atoms with E-state index in [1.54, 1.807) is 12.1 Å². The highest BCUT2D eigenvalue weighted by atomic mass is 19.4. The largest absolute Gasteiger partial charge is 0.416 e. The zero-order valence-electron chi connectivity index (χ0n) is 10.8. The minimum Gasteiger partial charge on any atom is -0.316 e. The average Bonchev–Trinajstić information content (AvgIpc) is 2.77. The second kappa shape index (κ2) is 5.37. The Morgan fingerprint density at radius 3 is 2.42 bits per heavy atom. The first-order chi connectivity index (χ1) is 8.95. The summed E-state index contributed by atoms with van der Waals surface area (Å²) in [6.07, 6.45) is 0.370. The summed E-state index contributed by atoms with van der Waals surface area (Å²) in [5, 5.41) is 3.33. The van der Waals surface area contributed by atoms with Crippen LogP contribution in [0.4, 0.5) is 13.2 Å². The van der Waals surface area contributed by atoms with Crippen LogP contribution in [0.25, 0.3) is 0 Å². The van der Waals surface area contributed by atoms with Crippen LogP contribution in [0.5, 0.6) is 0 Å². The van der Waals surface area contributed by atoms with Gasteiger partial charge >= 0.3 is 6.18 Å². The molecule has 1 saturated heterocycles. The minimum atomic E-state index is -4.26. The quantitative estimate of drug-likeness (QED) is 0.820. The normalized spacial score (nSPS) is 23.5. The monoisotopic (exact) mass is 269 g/mol. The van der Waals surface area contributed by atoms with Crippen molar-refractivity contribution in [3.63, 3.8) is 0 Å². The summed E-state index contributed by atoms with van der Waals surface area (Å²) in [6.45, 7) is 5.65. The van der Waals surface area contributed by atoms with Gasteiger partial charge in [-0.3, -0.25) is 0 Å². The lowest BCUT2D eigenvalue weighted by Crippen LogP contribution is -2.26. The van der Waals surface area contributed by atoms with Crippen LogP contribution in [0, 0.1) is 5.41 Å². The molecular formula is C15H18F3N. The Morgan fingerprint density at radius 2 is 1.95 bits per heavy atom. The van der Waals surface area contributed by atoms with E-state index in [4.69, 9.17) is 0 Å². The Morgan fingerprint density at radius 1 is 1.26 bits per heavy atom. The van der Waals surface area contributed by atoms with E-state index in [-0.39, 0.29) is 5.41 Å². The molecule has 0 bridgehead atoms. The van der Waals surface area contributed by atoms with Crippen molar-refractivity contribution in [1.82, 2.24) is 5.32 Å². The summed E-state index contributed by atoms with van der Waals surface area (Å²) in [7, 11) is 0. The van der Waals surface area contributed by atoms with Crippen molar-refractivity contribution in [2.45, 2.75) is 25.4 Å². The third kappa shape index (κ3) is 3.38. The van der Waals surface area contributed by atoms with Gasteiger partial charge in [-0.2, -0.15) is 13.2 Å². The molecule has 0 amide bonds. The number of benzene rings is 1. The molecule has 1 nitrogen and oxygen atoms in total. The molecule has 0 aromatic heterocycles. The van der Waals surface area contributed by atoms with Crippen molar-refractivity contribution in [3.8, 4) is 0 Å². The predicted octanol–water partition coefficient (Wildman–Crippen LogP) is 3.80. The Labute approximate surface area is 111 Å². The number of allylic oxidation sites excluding steroid dienone is 1. The fourth-order valence-electron chi connectivity index (χ4n) is 2.74. The molecule has 1 atom stereocenters. The SMILES string of the molecule is C=CCC1(Cc2ccc(C(F)(F)F)cc2)CCNC1. The Balaban J connectivity index is 2.12. The van der Waals surface area contributed by atoms with E-state index >= 15 is 0 Å². The molecular weight excluding hydrogens is 251 g/mol. The first-order valence-corrected chi connectivity index (χ1v) is 6.43. The third-order valence-electron chi connectivity index (χ3n) is 3.77. The van der Waals surface area contributed by atoms with E-state index in [0.717, 1.165) is 37.9 Å². The fourth-order valence-corrected chi connectivity index (χ4v) is 2.74. The summed E-state index contributed by atoms with van der Waals surface area (Å²) < 4.78 is 37.5. The molecule has 2 rings (SSSR count). The molecule has 1 aliphatic rings. The van der Waals surface area contributed by atoms with Crippen LogP contribution in [0.2, 0.25) is 0 Å². The number of hydrogen-bond acceptors (Lipinski definition) is 1. The molecule has 0 aliphatic carbocycles. The van der Waals surface area contributed by atoms with Crippen LogP contribution in [-0.2, 0) is 12.6 Å². The van der Waals surface area contributed by atoms with Gasteiger partial charge in [0.15, 0.2) is 0 Å².